The van der Waals surface area contributed by atoms with Crippen molar-refractivity contribution in [3.63, 3.8) is 0 Å². The fraction of sp³-hybridized carbons (Fsp3) is 0.238. The van der Waals surface area contributed by atoms with Crippen LogP contribution in [0.5, 0.6) is 0 Å². The van der Waals surface area contributed by atoms with Gasteiger partial charge in [0.2, 0.25) is 0 Å². The number of aryl methyl sites for hydroxylation is 1. The maximum atomic E-state index is 13.6. The van der Waals surface area contributed by atoms with E-state index in [0.29, 0.717) is 0 Å². The van der Waals surface area contributed by atoms with Crippen molar-refractivity contribution in [3.8, 4) is 11.1 Å². The summed E-state index contributed by atoms with van der Waals surface area (Å²) in [4.78, 5) is 2.25. The first-order chi connectivity index (χ1) is 13.7. The average molecular weight is 374 g/mol. The number of fused-ring (bicyclic) bond motifs is 1. The van der Waals surface area contributed by atoms with Crippen molar-refractivity contribution in [1.82, 2.24) is 25.0 Å². The van der Waals surface area contributed by atoms with Crippen molar-refractivity contribution >= 4 is 11.3 Å². The molecule has 1 fully saturated rings. The molecule has 0 radical (unpaired) electrons. The summed E-state index contributed by atoms with van der Waals surface area (Å²) in [6.07, 6.45) is 3.96. The summed E-state index contributed by atoms with van der Waals surface area (Å²) >= 11 is 0. The molecule has 1 atom stereocenters. The number of hydrogen-bond donors (Lipinski definition) is 0. The SMILES string of the molecule is Cc1ccc(N2CCCC2c2nnn3cc(-c4cccc(F)c4)ccc23)nn1. The first kappa shape index (κ1) is 16.8. The van der Waals surface area contributed by atoms with Gasteiger partial charge in [-0.1, -0.05) is 23.4 Å². The topological polar surface area (TPSA) is 59.2 Å². The zero-order valence-electron chi connectivity index (χ0n) is 15.5. The minimum atomic E-state index is -0.252. The van der Waals surface area contributed by atoms with Crippen molar-refractivity contribution in [2.45, 2.75) is 25.8 Å². The van der Waals surface area contributed by atoms with Gasteiger partial charge in [0.1, 0.15) is 11.5 Å². The molecule has 140 valence electrons. The molecule has 28 heavy (non-hydrogen) atoms. The number of hydrogen-bond acceptors (Lipinski definition) is 5. The van der Waals surface area contributed by atoms with Crippen molar-refractivity contribution in [3.05, 3.63) is 71.9 Å². The molecule has 0 aliphatic carbocycles. The number of benzene rings is 1. The summed E-state index contributed by atoms with van der Waals surface area (Å²) in [6, 6.07) is 14.7. The molecule has 3 aromatic heterocycles. The smallest absolute Gasteiger partial charge is 0.151 e. The van der Waals surface area contributed by atoms with Gasteiger partial charge in [-0.05, 0) is 55.7 Å². The number of anilines is 1. The predicted molar refractivity (Wildman–Crippen MR) is 104 cm³/mol. The third kappa shape index (κ3) is 2.89. The Hall–Kier alpha value is -3.35. The van der Waals surface area contributed by atoms with Crippen molar-refractivity contribution in [1.29, 1.82) is 0 Å². The second-order valence-corrected chi connectivity index (χ2v) is 7.12. The quantitative estimate of drug-likeness (QED) is 0.543. The molecule has 1 aliphatic rings. The van der Waals surface area contributed by atoms with Crippen molar-refractivity contribution < 1.29 is 4.39 Å². The van der Waals surface area contributed by atoms with Gasteiger partial charge in [-0.25, -0.2) is 8.91 Å². The number of nitrogens with zero attached hydrogens (tertiary/aromatic N) is 6. The number of aromatic nitrogens is 5. The molecule has 0 spiro atoms. The van der Waals surface area contributed by atoms with Crippen LogP contribution in [-0.2, 0) is 0 Å². The molecule has 4 aromatic rings. The third-order valence-corrected chi connectivity index (χ3v) is 5.24. The molecular formula is C21H19FN6. The molecule has 6 nitrogen and oxygen atoms in total. The van der Waals surface area contributed by atoms with Gasteiger partial charge < -0.3 is 4.90 Å². The van der Waals surface area contributed by atoms with E-state index in [9.17, 15) is 4.39 Å². The molecule has 1 aromatic carbocycles. The van der Waals surface area contributed by atoms with E-state index in [0.717, 1.165) is 53.2 Å². The van der Waals surface area contributed by atoms with Crippen LogP contribution >= 0.6 is 0 Å². The first-order valence-electron chi connectivity index (χ1n) is 9.37. The van der Waals surface area contributed by atoms with E-state index >= 15 is 0 Å². The first-order valence-corrected chi connectivity index (χ1v) is 9.37. The Kier molecular flexibility index (Phi) is 4.00. The van der Waals surface area contributed by atoms with E-state index in [1.807, 2.05) is 43.5 Å². The minimum absolute atomic E-state index is 0.120. The second kappa shape index (κ2) is 6.67. The van der Waals surface area contributed by atoms with E-state index in [1.165, 1.54) is 12.1 Å². The van der Waals surface area contributed by atoms with Gasteiger partial charge in [0, 0.05) is 18.3 Å². The van der Waals surface area contributed by atoms with Gasteiger partial charge in [0.25, 0.3) is 0 Å². The highest BCUT2D eigenvalue weighted by molar-refractivity contribution is 5.66. The van der Waals surface area contributed by atoms with Gasteiger partial charge >= 0.3 is 0 Å². The van der Waals surface area contributed by atoms with E-state index < -0.39 is 0 Å². The Balaban J connectivity index is 1.51. The summed E-state index contributed by atoms with van der Waals surface area (Å²) in [5, 5.41) is 17.3. The van der Waals surface area contributed by atoms with Crippen LogP contribution < -0.4 is 4.90 Å². The summed E-state index contributed by atoms with van der Waals surface area (Å²) in [6.45, 7) is 2.85. The van der Waals surface area contributed by atoms with Crippen LogP contribution in [0.25, 0.3) is 16.6 Å². The molecule has 1 aliphatic heterocycles. The monoisotopic (exact) mass is 374 g/mol. The predicted octanol–water partition coefficient (Wildman–Crippen LogP) is 3.98. The van der Waals surface area contributed by atoms with Crippen LogP contribution in [0.1, 0.15) is 30.3 Å². The fourth-order valence-corrected chi connectivity index (χ4v) is 3.86. The normalized spacial score (nSPS) is 16.8. The third-order valence-electron chi connectivity index (χ3n) is 5.24. The lowest BCUT2D eigenvalue weighted by Crippen LogP contribution is -2.24. The van der Waals surface area contributed by atoms with E-state index in [1.54, 1.807) is 10.6 Å². The Bertz CT molecular complexity index is 1140. The molecule has 5 rings (SSSR count). The molecule has 0 amide bonds. The number of rotatable bonds is 3. The highest BCUT2D eigenvalue weighted by Crippen LogP contribution is 2.36. The van der Waals surface area contributed by atoms with Crippen LogP contribution in [-0.4, -0.2) is 31.6 Å². The summed E-state index contributed by atoms with van der Waals surface area (Å²) < 4.78 is 15.3. The summed E-state index contributed by atoms with van der Waals surface area (Å²) in [7, 11) is 0. The van der Waals surface area contributed by atoms with Crippen LogP contribution in [0.4, 0.5) is 10.2 Å². The summed E-state index contributed by atoms with van der Waals surface area (Å²) in [5.74, 6) is 0.614. The lowest BCUT2D eigenvalue weighted by Gasteiger charge is -2.23. The molecule has 4 heterocycles. The zero-order valence-corrected chi connectivity index (χ0v) is 15.5. The van der Waals surface area contributed by atoms with Gasteiger partial charge in [0.05, 0.1) is 17.3 Å². The lowest BCUT2D eigenvalue weighted by atomic mass is 10.1. The molecule has 0 saturated carbocycles. The standard InChI is InChI=1S/C21H19FN6/c1-14-7-10-20(24-23-14)27-11-3-6-18(27)21-19-9-8-16(13-28(19)26-25-21)15-4-2-5-17(22)12-15/h2,4-5,7-10,12-13,18H,3,6,11H2,1H3. The maximum absolute atomic E-state index is 13.6. The molecule has 0 N–H and O–H groups in total. The van der Waals surface area contributed by atoms with Crippen molar-refractivity contribution in [2.75, 3.05) is 11.4 Å². The highest BCUT2D eigenvalue weighted by atomic mass is 19.1. The fourth-order valence-electron chi connectivity index (χ4n) is 3.86. The minimum Gasteiger partial charge on any atom is -0.346 e. The zero-order chi connectivity index (χ0) is 19.1. The van der Waals surface area contributed by atoms with Crippen LogP contribution in [0, 0.1) is 12.7 Å². The molecule has 1 unspecified atom stereocenters. The van der Waals surface area contributed by atoms with Crippen LogP contribution in [0.15, 0.2) is 54.7 Å². The molecular weight excluding hydrogens is 355 g/mol. The number of halogens is 1. The van der Waals surface area contributed by atoms with Crippen LogP contribution in [0.3, 0.4) is 0 Å². The second-order valence-electron chi connectivity index (χ2n) is 7.12. The summed E-state index contributed by atoms with van der Waals surface area (Å²) in [5.41, 5.74) is 4.51. The Morgan fingerprint density at radius 1 is 1.00 bits per heavy atom. The lowest BCUT2D eigenvalue weighted by molar-refractivity contribution is 0.628. The molecule has 1 saturated heterocycles. The average Bonchev–Trinajstić information content (AvgIpc) is 3.34. The van der Waals surface area contributed by atoms with E-state index in [2.05, 4.69) is 25.4 Å². The number of pyridine rings is 1. The largest absolute Gasteiger partial charge is 0.346 e. The van der Waals surface area contributed by atoms with Crippen LogP contribution in [0.2, 0.25) is 0 Å². The van der Waals surface area contributed by atoms with Crippen molar-refractivity contribution in [2.24, 2.45) is 0 Å². The molecule has 7 heteroatoms. The van der Waals surface area contributed by atoms with Gasteiger partial charge in [0.15, 0.2) is 5.82 Å². The van der Waals surface area contributed by atoms with Gasteiger partial charge in [-0.15, -0.1) is 10.2 Å². The Morgan fingerprint density at radius 3 is 2.75 bits per heavy atom. The highest BCUT2D eigenvalue weighted by Gasteiger charge is 2.31. The Morgan fingerprint density at radius 2 is 1.93 bits per heavy atom. The van der Waals surface area contributed by atoms with E-state index in [4.69, 9.17) is 0 Å². The van der Waals surface area contributed by atoms with Gasteiger partial charge in [-0.2, -0.15) is 5.10 Å². The molecule has 0 bridgehead atoms. The van der Waals surface area contributed by atoms with Gasteiger partial charge in [-0.3, -0.25) is 0 Å². The Labute approximate surface area is 161 Å². The maximum Gasteiger partial charge on any atom is 0.151 e. The van der Waals surface area contributed by atoms with E-state index in [-0.39, 0.29) is 11.9 Å².